The maximum atomic E-state index is 5.72. The molecule has 1 heterocycles. The Kier molecular flexibility index (Phi) is 5.37. The Balaban J connectivity index is 2.39. The van der Waals surface area contributed by atoms with Crippen molar-refractivity contribution in [2.45, 2.75) is 26.3 Å². The second-order valence-electron chi connectivity index (χ2n) is 3.45. The molecule has 0 spiro atoms. The summed E-state index contributed by atoms with van der Waals surface area (Å²) in [7, 11) is 0. The third kappa shape index (κ3) is 4.45. The van der Waals surface area contributed by atoms with Gasteiger partial charge in [-0.05, 0) is 38.4 Å². The number of nitrogens with zero attached hydrogens (tertiary/aromatic N) is 1. The van der Waals surface area contributed by atoms with Gasteiger partial charge in [0.25, 0.3) is 0 Å². The molecule has 1 aromatic heterocycles. The molecular weight excluding hydrogens is 208 g/mol. The van der Waals surface area contributed by atoms with Crippen molar-refractivity contribution in [3.8, 4) is 0 Å². The van der Waals surface area contributed by atoms with Crippen molar-refractivity contribution in [3.63, 3.8) is 0 Å². The third-order valence-electron chi connectivity index (χ3n) is 2.25. The molecule has 2 nitrogen and oxygen atoms in total. The standard InChI is InChI=1S/C12H17ClN2/c1-3-4-5-8-14-10(2)11-6-7-12(13)15-9-11/h3-4,6-7,9-10,14H,5,8H2,1-2H3/b4-3+. The van der Waals surface area contributed by atoms with Crippen LogP contribution in [0, 0.1) is 0 Å². The smallest absolute Gasteiger partial charge is 0.129 e. The van der Waals surface area contributed by atoms with E-state index in [2.05, 4.69) is 29.4 Å². The molecule has 0 aliphatic rings. The third-order valence-corrected chi connectivity index (χ3v) is 2.47. The largest absolute Gasteiger partial charge is 0.310 e. The number of halogens is 1. The first-order valence-corrected chi connectivity index (χ1v) is 5.58. The van der Waals surface area contributed by atoms with Crippen LogP contribution in [0.3, 0.4) is 0 Å². The van der Waals surface area contributed by atoms with Crippen LogP contribution in [0.1, 0.15) is 31.9 Å². The average molecular weight is 225 g/mol. The highest BCUT2D eigenvalue weighted by Gasteiger charge is 2.03. The van der Waals surface area contributed by atoms with Crippen LogP contribution in [0.2, 0.25) is 5.15 Å². The minimum atomic E-state index is 0.319. The van der Waals surface area contributed by atoms with E-state index in [1.54, 1.807) is 0 Å². The molecule has 82 valence electrons. The minimum Gasteiger partial charge on any atom is -0.310 e. The second kappa shape index (κ2) is 6.59. The molecule has 0 saturated carbocycles. The number of allylic oxidation sites excluding steroid dienone is 1. The maximum Gasteiger partial charge on any atom is 0.129 e. The van der Waals surface area contributed by atoms with Gasteiger partial charge in [0.15, 0.2) is 0 Å². The lowest BCUT2D eigenvalue weighted by molar-refractivity contribution is 0.579. The van der Waals surface area contributed by atoms with Gasteiger partial charge in [-0.1, -0.05) is 29.8 Å². The zero-order valence-electron chi connectivity index (χ0n) is 9.20. The first-order chi connectivity index (χ1) is 7.24. The van der Waals surface area contributed by atoms with Crippen LogP contribution in [-0.2, 0) is 0 Å². The molecule has 1 aromatic rings. The van der Waals surface area contributed by atoms with Crippen molar-refractivity contribution in [2.24, 2.45) is 0 Å². The monoisotopic (exact) mass is 224 g/mol. The summed E-state index contributed by atoms with van der Waals surface area (Å²) in [6, 6.07) is 4.14. The topological polar surface area (TPSA) is 24.9 Å². The van der Waals surface area contributed by atoms with Gasteiger partial charge >= 0.3 is 0 Å². The number of pyridine rings is 1. The maximum absolute atomic E-state index is 5.72. The van der Waals surface area contributed by atoms with E-state index in [0.29, 0.717) is 11.2 Å². The summed E-state index contributed by atoms with van der Waals surface area (Å²) in [5.41, 5.74) is 1.17. The van der Waals surface area contributed by atoms with Crippen molar-refractivity contribution in [1.29, 1.82) is 0 Å². The Morgan fingerprint density at radius 3 is 2.93 bits per heavy atom. The molecule has 1 N–H and O–H groups in total. The van der Waals surface area contributed by atoms with E-state index in [-0.39, 0.29) is 0 Å². The molecule has 3 heteroatoms. The first-order valence-electron chi connectivity index (χ1n) is 5.20. The Hall–Kier alpha value is -0.860. The minimum absolute atomic E-state index is 0.319. The number of aromatic nitrogens is 1. The van der Waals surface area contributed by atoms with Gasteiger partial charge in [-0.2, -0.15) is 0 Å². The Labute approximate surface area is 96.4 Å². The fraction of sp³-hybridized carbons (Fsp3) is 0.417. The number of hydrogen-bond acceptors (Lipinski definition) is 2. The predicted octanol–water partition coefficient (Wildman–Crippen LogP) is 3.35. The average Bonchev–Trinajstić information content (AvgIpc) is 2.25. The van der Waals surface area contributed by atoms with E-state index in [9.17, 15) is 0 Å². The van der Waals surface area contributed by atoms with Crippen molar-refractivity contribution in [3.05, 3.63) is 41.2 Å². The van der Waals surface area contributed by atoms with Crippen molar-refractivity contribution in [1.82, 2.24) is 10.3 Å². The quantitative estimate of drug-likeness (QED) is 0.471. The lowest BCUT2D eigenvalue weighted by Gasteiger charge is -2.12. The van der Waals surface area contributed by atoms with Crippen LogP contribution in [0.5, 0.6) is 0 Å². The number of hydrogen-bond donors (Lipinski definition) is 1. The Morgan fingerprint density at radius 1 is 1.53 bits per heavy atom. The highest BCUT2D eigenvalue weighted by atomic mass is 35.5. The summed E-state index contributed by atoms with van der Waals surface area (Å²) in [5, 5.41) is 3.96. The van der Waals surface area contributed by atoms with E-state index in [1.165, 1.54) is 5.56 Å². The van der Waals surface area contributed by atoms with E-state index in [0.717, 1.165) is 13.0 Å². The van der Waals surface area contributed by atoms with Gasteiger partial charge < -0.3 is 5.32 Å². The summed E-state index contributed by atoms with van der Waals surface area (Å²) >= 11 is 5.72. The molecule has 1 atom stereocenters. The summed E-state index contributed by atoms with van der Waals surface area (Å²) in [6.45, 7) is 5.14. The van der Waals surface area contributed by atoms with Gasteiger partial charge in [0, 0.05) is 12.2 Å². The zero-order valence-corrected chi connectivity index (χ0v) is 9.96. The highest BCUT2D eigenvalue weighted by Crippen LogP contribution is 2.13. The molecule has 0 saturated heterocycles. The molecular formula is C12H17ClN2. The van der Waals surface area contributed by atoms with Crippen LogP contribution in [0.15, 0.2) is 30.5 Å². The second-order valence-corrected chi connectivity index (χ2v) is 3.84. The normalized spacial score (nSPS) is 13.3. The lowest BCUT2D eigenvalue weighted by atomic mass is 10.1. The summed E-state index contributed by atoms with van der Waals surface area (Å²) in [5.74, 6) is 0. The summed E-state index contributed by atoms with van der Waals surface area (Å²) in [6.07, 6.45) is 7.09. The fourth-order valence-electron chi connectivity index (χ4n) is 1.31. The van der Waals surface area contributed by atoms with Gasteiger partial charge in [0.05, 0.1) is 0 Å². The molecule has 0 aliphatic carbocycles. The number of nitrogens with one attached hydrogen (secondary N) is 1. The van der Waals surface area contributed by atoms with E-state index < -0.39 is 0 Å². The van der Waals surface area contributed by atoms with Gasteiger partial charge in [0.1, 0.15) is 5.15 Å². The highest BCUT2D eigenvalue weighted by molar-refractivity contribution is 6.29. The van der Waals surface area contributed by atoms with Crippen molar-refractivity contribution >= 4 is 11.6 Å². The van der Waals surface area contributed by atoms with Crippen LogP contribution < -0.4 is 5.32 Å². The van der Waals surface area contributed by atoms with Crippen LogP contribution >= 0.6 is 11.6 Å². The summed E-state index contributed by atoms with van der Waals surface area (Å²) < 4.78 is 0. The molecule has 0 aromatic carbocycles. The van der Waals surface area contributed by atoms with Gasteiger partial charge in [-0.15, -0.1) is 0 Å². The van der Waals surface area contributed by atoms with Crippen LogP contribution in [-0.4, -0.2) is 11.5 Å². The molecule has 0 bridgehead atoms. The van der Waals surface area contributed by atoms with E-state index in [4.69, 9.17) is 11.6 Å². The molecule has 0 fully saturated rings. The molecule has 0 radical (unpaired) electrons. The van der Waals surface area contributed by atoms with Crippen molar-refractivity contribution < 1.29 is 0 Å². The zero-order chi connectivity index (χ0) is 11.1. The lowest BCUT2D eigenvalue weighted by Crippen LogP contribution is -2.19. The predicted molar refractivity (Wildman–Crippen MR) is 65.1 cm³/mol. The summed E-state index contributed by atoms with van der Waals surface area (Å²) in [4.78, 5) is 4.06. The van der Waals surface area contributed by atoms with Gasteiger partial charge in [-0.25, -0.2) is 4.98 Å². The molecule has 0 aliphatic heterocycles. The molecule has 15 heavy (non-hydrogen) atoms. The SMILES string of the molecule is C/C=C/CCNC(C)c1ccc(Cl)nc1. The van der Waals surface area contributed by atoms with Crippen LogP contribution in [0.25, 0.3) is 0 Å². The van der Waals surface area contributed by atoms with Gasteiger partial charge in [-0.3, -0.25) is 0 Å². The van der Waals surface area contributed by atoms with E-state index >= 15 is 0 Å². The number of rotatable bonds is 5. The Bertz CT molecular complexity index is 306. The van der Waals surface area contributed by atoms with Crippen LogP contribution in [0.4, 0.5) is 0 Å². The molecule has 1 rings (SSSR count). The molecule has 1 unspecified atom stereocenters. The van der Waals surface area contributed by atoms with Crippen molar-refractivity contribution in [2.75, 3.05) is 6.54 Å². The van der Waals surface area contributed by atoms with E-state index in [1.807, 2.05) is 25.3 Å². The fourth-order valence-corrected chi connectivity index (χ4v) is 1.42. The first kappa shape index (κ1) is 12.2. The Morgan fingerprint density at radius 2 is 2.33 bits per heavy atom. The van der Waals surface area contributed by atoms with Gasteiger partial charge in [0.2, 0.25) is 0 Å². The molecule has 0 amide bonds.